The van der Waals surface area contributed by atoms with Crippen LogP contribution in [0.5, 0.6) is 11.5 Å². The van der Waals surface area contributed by atoms with Gasteiger partial charge in [0.05, 0.1) is 19.2 Å². The van der Waals surface area contributed by atoms with Gasteiger partial charge in [-0.05, 0) is 70.4 Å². The van der Waals surface area contributed by atoms with Gasteiger partial charge in [0.25, 0.3) is 0 Å². The summed E-state index contributed by atoms with van der Waals surface area (Å²) in [7, 11) is 0. The Kier molecular flexibility index (Phi) is 8.81. The molecule has 0 radical (unpaired) electrons. The monoisotopic (exact) mass is 562 g/mol. The van der Waals surface area contributed by atoms with E-state index in [1.807, 2.05) is 37.3 Å². The molecular formula is C24H21Br2FN2O3. The maximum atomic E-state index is 13.0. The fraction of sp³-hybridized carbons (Fsp3) is 0.167. The second-order valence-corrected chi connectivity index (χ2v) is 8.54. The third-order valence-electron chi connectivity index (χ3n) is 4.34. The fourth-order valence-corrected chi connectivity index (χ4v) is 3.46. The Hall–Kier alpha value is -2.71. The van der Waals surface area contributed by atoms with Crippen molar-refractivity contribution in [3.05, 3.63) is 92.1 Å². The Morgan fingerprint density at radius 2 is 1.66 bits per heavy atom. The first-order chi connectivity index (χ1) is 15.4. The van der Waals surface area contributed by atoms with E-state index in [1.165, 1.54) is 18.3 Å². The van der Waals surface area contributed by atoms with Crippen molar-refractivity contribution in [2.75, 3.05) is 6.61 Å². The summed E-state index contributed by atoms with van der Waals surface area (Å²) in [6.45, 7) is 2.76. The summed E-state index contributed by atoms with van der Waals surface area (Å²) in [5.41, 5.74) is 4.92. The Morgan fingerprint density at radius 1 is 1.00 bits per heavy atom. The molecule has 0 aromatic heterocycles. The van der Waals surface area contributed by atoms with Gasteiger partial charge in [-0.2, -0.15) is 5.10 Å². The van der Waals surface area contributed by atoms with Crippen LogP contribution in [-0.2, 0) is 17.8 Å². The zero-order chi connectivity index (χ0) is 22.9. The van der Waals surface area contributed by atoms with Gasteiger partial charge >= 0.3 is 0 Å². The number of hydrazone groups is 1. The number of hydrogen-bond donors (Lipinski definition) is 1. The van der Waals surface area contributed by atoms with Gasteiger partial charge in [-0.25, -0.2) is 9.82 Å². The van der Waals surface area contributed by atoms with Gasteiger partial charge < -0.3 is 9.47 Å². The Bertz CT molecular complexity index is 1090. The molecule has 3 rings (SSSR count). The Labute approximate surface area is 202 Å². The molecule has 1 amide bonds. The lowest BCUT2D eigenvalue weighted by Crippen LogP contribution is -2.19. The minimum atomic E-state index is -0.341. The second kappa shape index (κ2) is 11.8. The van der Waals surface area contributed by atoms with Gasteiger partial charge in [0.2, 0.25) is 5.91 Å². The number of carbonyl (C=O) groups is 1. The van der Waals surface area contributed by atoms with Crippen molar-refractivity contribution in [3.8, 4) is 11.5 Å². The molecule has 0 unspecified atom stereocenters. The lowest BCUT2D eigenvalue weighted by atomic mass is 10.1. The molecule has 0 spiro atoms. The Morgan fingerprint density at radius 3 is 2.34 bits per heavy atom. The highest BCUT2D eigenvalue weighted by Gasteiger charge is 2.11. The molecule has 0 aliphatic carbocycles. The summed E-state index contributed by atoms with van der Waals surface area (Å²) in [5.74, 6) is 0.529. The van der Waals surface area contributed by atoms with Crippen LogP contribution in [0.4, 0.5) is 4.39 Å². The third-order valence-corrected chi connectivity index (χ3v) is 5.56. The SMILES string of the molecule is CCOc1cc(/C=N/NC(=O)Cc2ccc(F)cc2)c(Br)cc1OCc1ccc(Br)cc1. The summed E-state index contributed by atoms with van der Waals surface area (Å²) >= 11 is 6.94. The van der Waals surface area contributed by atoms with E-state index in [2.05, 4.69) is 42.4 Å². The van der Waals surface area contributed by atoms with Crippen molar-refractivity contribution in [2.24, 2.45) is 5.10 Å². The summed E-state index contributed by atoms with van der Waals surface area (Å²) < 4.78 is 26.4. The van der Waals surface area contributed by atoms with Crippen molar-refractivity contribution < 1.29 is 18.7 Å². The average Bonchev–Trinajstić information content (AvgIpc) is 2.77. The lowest BCUT2D eigenvalue weighted by Gasteiger charge is -2.14. The van der Waals surface area contributed by atoms with Crippen LogP contribution in [0.25, 0.3) is 0 Å². The molecule has 0 atom stereocenters. The van der Waals surface area contributed by atoms with Crippen LogP contribution in [0.1, 0.15) is 23.6 Å². The van der Waals surface area contributed by atoms with Crippen molar-refractivity contribution in [1.82, 2.24) is 5.43 Å². The second-order valence-electron chi connectivity index (χ2n) is 6.77. The molecule has 3 aromatic carbocycles. The Balaban J connectivity index is 1.65. The highest BCUT2D eigenvalue weighted by Crippen LogP contribution is 2.34. The molecule has 0 aliphatic rings. The molecular weight excluding hydrogens is 543 g/mol. The van der Waals surface area contributed by atoms with Gasteiger partial charge in [-0.3, -0.25) is 4.79 Å². The quantitative estimate of drug-likeness (QED) is 0.256. The number of halogens is 3. The molecule has 8 heteroatoms. The number of hydrogen-bond acceptors (Lipinski definition) is 4. The molecule has 166 valence electrons. The van der Waals surface area contributed by atoms with Gasteiger partial charge in [-0.15, -0.1) is 0 Å². The predicted molar refractivity (Wildman–Crippen MR) is 130 cm³/mol. The first kappa shape index (κ1) is 23.9. The average molecular weight is 564 g/mol. The van der Waals surface area contributed by atoms with Gasteiger partial charge in [0.15, 0.2) is 11.5 Å². The first-order valence-corrected chi connectivity index (χ1v) is 11.4. The summed E-state index contributed by atoms with van der Waals surface area (Å²) in [5, 5.41) is 4.02. The number of nitrogens with one attached hydrogen (secondary N) is 1. The highest BCUT2D eigenvalue weighted by atomic mass is 79.9. The number of carbonyl (C=O) groups excluding carboxylic acids is 1. The lowest BCUT2D eigenvalue weighted by molar-refractivity contribution is -0.120. The third kappa shape index (κ3) is 7.17. The van der Waals surface area contributed by atoms with E-state index in [1.54, 1.807) is 18.2 Å². The maximum absolute atomic E-state index is 13.0. The van der Waals surface area contributed by atoms with E-state index in [-0.39, 0.29) is 18.1 Å². The van der Waals surface area contributed by atoms with E-state index in [0.29, 0.717) is 35.8 Å². The van der Waals surface area contributed by atoms with E-state index in [4.69, 9.17) is 9.47 Å². The summed E-state index contributed by atoms with van der Waals surface area (Å²) in [4.78, 5) is 12.1. The molecule has 0 bridgehead atoms. The number of nitrogens with zero attached hydrogens (tertiary/aromatic N) is 1. The van der Waals surface area contributed by atoms with Crippen LogP contribution in [0.2, 0.25) is 0 Å². The topological polar surface area (TPSA) is 59.9 Å². The largest absolute Gasteiger partial charge is 0.490 e. The van der Waals surface area contributed by atoms with E-state index >= 15 is 0 Å². The molecule has 0 aliphatic heterocycles. The molecule has 0 heterocycles. The summed E-state index contributed by atoms with van der Waals surface area (Å²) in [6.07, 6.45) is 1.62. The van der Waals surface area contributed by atoms with Crippen LogP contribution >= 0.6 is 31.9 Å². The van der Waals surface area contributed by atoms with Gasteiger partial charge in [0.1, 0.15) is 12.4 Å². The predicted octanol–water partition coefficient (Wildman–Crippen LogP) is 6.02. The molecule has 32 heavy (non-hydrogen) atoms. The smallest absolute Gasteiger partial charge is 0.244 e. The minimum Gasteiger partial charge on any atom is -0.490 e. The van der Waals surface area contributed by atoms with Crippen molar-refractivity contribution >= 4 is 44.0 Å². The van der Waals surface area contributed by atoms with Crippen LogP contribution in [0, 0.1) is 5.82 Å². The zero-order valence-electron chi connectivity index (χ0n) is 17.3. The first-order valence-electron chi connectivity index (χ1n) is 9.84. The van der Waals surface area contributed by atoms with Gasteiger partial charge in [-0.1, -0.05) is 40.2 Å². The van der Waals surface area contributed by atoms with E-state index in [0.717, 1.165) is 14.5 Å². The highest BCUT2D eigenvalue weighted by molar-refractivity contribution is 9.10. The molecule has 1 N–H and O–H groups in total. The van der Waals surface area contributed by atoms with Gasteiger partial charge in [0, 0.05) is 14.5 Å². The van der Waals surface area contributed by atoms with Crippen molar-refractivity contribution in [2.45, 2.75) is 20.0 Å². The number of rotatable bonds is 9. The van der Waals surface area contributed by atoms with Crippen molar-refractivity contribution in [3.63, 3.8) is 0 Å². The molecule has 0 fully saturated rings. The minimum absolute atomic E-state index is 0.103. The normalized spacial score (nSPS) is 10.9. The fourth-order valence-electron chi connectivity index (χ4n) is 2.77. The van der Waals surface area contributed by atoms with Crippen molar-refractivity contribution in [1.29, 1.82) is 0 Å². The molecule has 0 saturated heterocycles. The molecule has 0 saturated carbocycles. The van der Waals surface area contributed by atoms with Crippen LogP contribution in [-0.4, -0.2) is 18.7 Å². The standard InChI is InChI=1S/C24H21Br2FN2O3/c1-2-31-22-12-18(14-28-29-24(30)11-16-5-9-20(27)10-6-16)21(26)13-23(22)32-15-17-3-7-19(25)8-4-17/h3-10,12-14H,2,11,15H2,1H3,(H,29,30)/b28-14+. The van der Waals surface area contributed by atoms with E-state index in [9.17, 15) is 9.18 Å². The van der Waals surface area contributed by atoms with E-state index < -0.39 is 0 Å². The summed E-state index contributed by atoms with van der Waals surface area (Å²) in [6, 6.07) is 17.3. The number of ether oxygens (including phenoxy) is 2. The maximum Gasteiger partial charge on any atom is 0.244 e. The van der Waals surface area contributed by atoms with Crippen LogP contribution in [0.3, 0.4) is 0 Å². The number of amides is 1. The molecule has 3 aromatic rings. The van der Waals surface area contributed by atoms with Crippen LogP contribution < -0.4 is 14.9 Å². The number of benzene rings is 3. The molecule has 5 nitrogen and oxygen atoms in total. The zero-order valence-corrected chi connectivity index (χ0v) is 20.5. The van der Waals surface area contributed by atoms with Crippen LogP contribution in [0.15, 0.2) is 74.7 Å².